The molecule has 0 radical (unpaired) electrons. The lowest BCUT2D eigenvalue weighted by Gasteiger charge is -2.22. The molecule has 2 aromatic rings. The fourth-order valence-electron chi connectivity index (χ4n) is 2.60. The summed E-state index contributed by atoms with van der Waals surface area (Å²) in [7, 11) is 0.0610. The van der Waals surface area contributed by atoms with Crippen LogP contribution in [0, 0.1) is 0 Å². The third kappa shape index (κ3) is 4.15. The average Bonchev–Trinajstić information content (AvgIpc) is 2.98. The topological polar surface area (TPSA) is 81.0 Å². The summed E-state index contributed by atoms with van der Waals surface area (Å²) in [4.78, 5) is 2.05. The zero-order chi connectivity index (χ0) is 17.9. The summed E-state index contributed by atoms with van der Waals surface area (Å²) < 4.78 is 44.4. The molecule has 0 amide bonds. The minimum absolute atomic E-state index is 0.147. The van der Waals surface area contributed by atoms with Crippen LogP contribution in [0.1, 0.15) is 18.2 Å². The van der Waals surface area contributed by atoms with Gasteiger partial charge in [0, 0.05) is 19.0 Å². The highest BCUT2D eigenvalue weighted by Gasteiger charge is 2.23. The second-order valence-electron chi connectivity index (χ2n) is 6.01. The van der Waals surface area contributed by atoms with Crippen molar-refractivity contribution in [3.63, 3.8) is 0 Å². The van der Waals surface area contributed by atoms with Crippen LogP contribution in [0.3, 0.4) is 0 Å². The first kappa shape index (κ1) is 17.8. The van der Waals surface area contributed by atoms with E-state index in [0.29, 0.717) is 30.5 Å². The van der Waals surface area contributed by atoms with Gasteiger partial charge < -0.3 is 13.9 Å². The smallest absolute Gasteiger partial charge is 0.240 e. The van der Waals surface area contributed by atoms with Crippen LogP contribution >= 0.6 is 0 Å². The van der Waals surface area contributed by atoms with Crippen LogP contribution in [-0.4, -0.2) is 47.2 Å². The van der Waals surface area contributed by atoms with Gasteiger partial charge in [-0.15, -0.1) is 0 Å². The van der Waals surface area contributed by atoms with E-state index >= 15 is 0 Å². The van der Waals surface area contributed by atoms with Crippen LogP contribution in [0.2, 0.25) is 0 Å². The van der Waals surface area contributed by atoms with Crippen LogP contribution in [0.25, 0.3) is 0 Å². The fourth-order valence-corrected chi connectivity index (χ4v) is 3.65. The second-order valence-corrected chi connectivity index (χ2v) is 7.77. The third-order valence-corrected chi connectivity index (χ3v) is 5.41. The number of ether oxygens (including phenoxy) is 2. The first-order valence-corrected chi connectivity index (χ1v) is 9.55. The van der Waals surface area contributed by atoms with Gasteiger partial charge in [-0.3, -0.25) is 4.90 Å². The molecule has 1 aromatic heterocycles. The van der Waals surface area contributed by atoms with Crippen LogP contribution in [0.15, 0.2) is 45.9 Å². The molecule has 7 nitrogen and oxygen atoms in total. The number of furan rings is 1. The Balaban J connectivity index is 1.76. The van der Waals surface area contributed by atoms with Crippen molar-refractivity contribution in [3.05, 3.63) is 42.4 Å². The van der Waals surface area contributed by atoms with Gasteiger partial charge in [-0.05, 0) is 38.4 Å². The molecular formula is C17H22N2O5S. The number of sulfonamides is 1. The normalized spacial score (nSPS) is 15.8. The Kier molecular flexibility index (Phi) is 5.31. The van der Waals surface area contributed by atoms with E-state index < -0.39 is 10.0 Å². The van der Waals surface area contributed by atoms with Gasteiger partial charge in [0.05, 0.1) is 30.4 Å². The first-order valence-electron chi connectivity index (χ1n) is 8.06. The lowest BCUT2D eigenvalue weighted by Crippen LogP contribution is -2.34. The standard InChI is InChI=1S/C17H22N2O5S/c1-19(2)14(15-5-3-8-22-15)12-18-25(20,21)13-6-7-16-17(11-13)24-10-4-9-23-16/h3,5-8,11,14,18H,4,9-10,12H2,1-2H3/t14-/m1/s1. The average molecular weight is 366 g/mol. The van der Waals surface area contributed by atoms with Crippen molar-refractivity contribution in [3.8, 4) is 11.5 Å². The van der Waals surface area contributed by atoms with Crippen LogP contribution in [0.5, 0.6) is 11.5 Å². The molecule has 0 saturated heterocycles. The van der Waals surface area contributed by atoms with Gasteiger partial charge in [-0.1, -0.05) is 0 Å². The van der Waals surface area contributed by atoms with E-state index in [1.165, 1.54) is 12.1 Å². The summed E-state index contributed by atoms with van der Waals surface area (Å²) in [5.41, 5.74) is 0. The molecule has 8 heteroatoms. The van der Waals surface area contributed by atoms with E-state index in [9.17, 15) is 8.42 Å². The van der Waals surface area contributed by atoms with Crippen molar-refractivity contribution in [1.82, 2.24) is 9.62 Å². The Morgan fingerprint density at radius 1 is 1.16 bits per heavy atom. The Hall–Kier alpha value is -2.03. The predicted molar refractivity (Wildman–Crippen MR) is 92.4 cm³/mol. The predicted octanol–water partition coefficient (Wildman–Crippen LogP) is 2.02. The molecule has 0 saturated carbocycles. The van der Waals surface area contributed by atoms with Crippen molar-refractivity contribution < 1.29 is 22.3 Å². The van der Waals surface area contributed by atoms with E-state index in [1.54, 1.807) is 18.4 Å². The van der Waals surface area contributed by atoms with Gasteiger partial charge in [0.25, 0.3) is 0 Å². The zero-order valence-corrected chi connectivity index (χ0v) is 15.1. The molecule has 0 spiro atoms. The van der Waals surface area contributed by atoms with Gasteiger partial charge in [-0.25, -0.2) is 13.1 Å². The molecular weight excluding hydrogens is 344 g/mol. The van der Waals surface area contributed by atoms with E-state index in [4.69, 9.17) is 13.9 Å². The summed E-state index contributed by atoms with van der Waals surface area (Å²) in [6.45, 7) is 1.26. The first-order chi connectivity index (χ1) is 12.0. The Morgan fingerprint density at radius 2 is 1.92 bits per heavy atom. The van der Waals surface area contributed by atoms with Gasteiger partial charge in [0.1, 0.15) is 5.76 Å². The quantitative estimate of drug-likeness (QED) is 0.842. The van der Waals surface area contributed by atoms with Crippen LogP contribution < -0.4 is 14.2 Å². The van der Waals surface area contributed by atoms with Crippen LogP contribution in [0.4, 0.5) is 0 Å². The highest BCUT2D eigenvalue weighted by Crippen LogP contribution is 2.32. The summed E-state index contributed by atoms with van der Waals surface area (Å²) in [6.07, 6.45) is 2.34. The summed E-state index contributed by atoms with van der Waals surface area (Å²) in [5.74, 6) is 1.72. The molecule has 0 aliphatic carbocycles. The van der Waals surface area contributed by atoms with Gasteiger partial charge in [0.2, 0.25) is 10.0 Å². The van der Waals surface area contributed by atoms with Crippen LogP contribution in [-0.2, 0) is 10.0 Å². The lowest BCUT2D eigenvalue weighted by molar-refractivity contribution is 0.259. The summed E-state index contributed by atoms with van der Waals surface area (Å²) in [5, 5.41) is 0. The van der Waals surface area contributed by atoms with Gasteiger partial charge in [0.15, 0.2) is 11.5 Å². The zero-order valence-electron chi connectivity index (χ0n) is 14.3. The number of fused-ring (bicyclic) bond motifs is 1. The summed E-state index contributed by atoms with van der Waals surface area (Å²) >= 11 is 0. The van der Waals surface area contributed by atoms with Gasteiger partial charge in [-0.2, -0.15) is 0 Å². The Morgan fingerprint density at radius 3 is 2.60 bits per heavy atom. The van der Waals surface area contributed by atoms with Crippen molar-refractivity contribution >= 4 is 10.0 Å². The van der Waals surface area contributed by atoms with E-state index in [0.717, 1.165) is 6.42 Å². The van der Waals surface area contributed by atoms with Gasteiger partial charge >= 0.3 is 0 Å². The molecule has 0 unspecified atom stereocenters. The molecule has 1 N–H and O–H groups in total. The number of rotatable bonds is 6. The van der Waals surface area contributed by atoms with E-state index in [1.807, 2.05) is 25.1 Å². The SMILES string of the molecule is CN(C)[C@H](CNS(=O)(=O)c1ccc2c(c1)OCCCO2)c1ccco1. The van der Waals surface area contributed by atoms with Crippen molar-refractivity contribution in [2.45, 2.75) is 17.4 Å². The molecule has 1 aliphatic rings. The Bertz CT molecular complexity index is 802. The number of nitrogens with one attached hydrogen (secondary N) is 1. The number of nitrogens with zero attached hydrogens (tertiary/aromatic N) is 1. The third-order valence-electron chi connectivity index (χ3n) is 3.99. The highest BCUT2D eigenvalue weighted by molar-refractivity contribution is 7.89. The monoisotopic (exact) mass is 366 g/mol. The molecule has 0 bridgehead atoms. The Labute approximate surface area is 147 Å². The summed E-state index contributed by atoms with van der Waals surface area (Å²) in [6, 6.07) is 8.06. The maximum atomic E-state index is 12.6. The molecule has 25 heavy (non-hydrogen) atoms. The van der Waals surface area contributed by atoms with E-state index in [-0.39, 0.29) is 17.5 Å². The molecule has 2 heterocycles. The fraction of sp³-hybridized carbons (Fsp3) is 0.412. The second kappa shape index (κ2) is 7.47. The number of hydrogen-bond acceptors (Lipinski definition) is 6. The maximum absolute atomic E-state index is 12.6. The molecule has 1 aliphatic heterocycles. The van der Waals surface area contributed by atoms with E-state index in [2.05, 4.69) is 4.72 Å². The number of likely N-dealkylation sites (N-methyl/N-ethyl adjacent to an activating group) is 1. The minimum atomic E-state index is -3.68. The lowest BCUT2D eigenvalue weighted by atomic mass is 10.2. The van der Waals surface area contributed by atoms with Crippen molar-refractivity contribution in [2.24, 2.45) is 0 Å². The molecule has 1 aromatic carbocycles. The molecule has 136 valence electrons. The number of benzene rings is 1. The molecule has 1 atom stereocenters. The number of hydrogen-bond donors (Lipinski definition) is 1. The van der Waals surface area contributed by atoms with Crippen molar-refractivity contribution in [1.29, 1.82) is 0 Å². The molecule has 3 rings (SSSR count). The molecule has 0 fully saturated rings. The highest BCUT2D eigenvalue weighted by atomic mass is 32.2. The largest absolute Gasteiger partial charge is 0.490 e. The van der Waals surface area contributed by atoms with Crippen molar-refractivity contribution in [2.75, 3.05) is 33.9 Å². The maximum Gasteiger partial charge on any atom is 0.240 e. The minimum Gasteiger partial charge on any atom is -0.490 e.